The number of ether oxygens (including phenoxy) is 1. The average Bonchev–Trinajstić information content (AvgIpc) is 2.70. The number of aliphatic hydroxyl groups is 2. The van der Waals surface area contributed by atoms with E-state index in [1.165, 1.54) is 5.57 Å². The number of rotatable bonds is 8. The molecule has 2 unspecified atom stereocenters. The van der Waals surface area contributed by atoms with Crippen molar-refractivity contribution in [1.29, 1.82) is 0 Å². The lowest BCUT2D eigenvalue weighted by atomic mass is 9.43. The van der Waals surface area contributed by atoms with Crippen LogP contribution in [0.5, 0.6) is 5.75 Å². The highest BCUT2D eigenvalue weighted by Crippen LogP contribution is 2.64. The molecule has 2 aliphatic carbocycles. The van der Waals surface area contributed by atoms with Gasteiger partial charge >= 0.3 is 5.97 Å². The van der Waals surface area contributed by atoms with E-state index in [2.05, 4.69) is 19.9 Å². The van der Waals surface area contributed by atoms with Crippen LogP contribution in [-0.2, 0) is 4.79 Å². The molecule has 3 rings (SSSR count). The van der Waals surface area contributed by atoms with Crippen LogP contribution in [0, 0.1) is 23.2 Å². The fraction of sp³-hybridized carbons (Fsp3) is 0.542. The van der Waals surface area contributed by atoms with Crippen molar-refractivity contribution in [2.24, 2.45) is 23.2 Å². The number of hydrogen-bond donors (Lipinski definition) is 3. The summed E-state index contributed by atoms with van der Waals surface area (Å²) in [5.74, 6) is 0.514. The third-order valence-electron chi connectivity index (χ3n) is 6.68. The van der Waals surface area contributed by atoms with E-state index in [9.17, 15) is 15.0 Å². The lowest BCUT2D eigenvalue weighted by molar-refractivity contribution is -0.136. The van der Waals surface area contributed by atoms with Crippen molar-refractivity contribution < 1.29 is 24.9 Å². The zero-order chi connectivity index (χ0) is 21.0. The normalized spacial score (nSPS) is 33.9. The molecular formula is C24H32O5. The van der Waals surface area contributed by atoms with Crippen LogP contribution in [0.4, 0.5) is 0 Å². The highest BCUT2D eigenvalue weighted by molar-refractivity contribution is 5.66. The Bertz CT molecular complexity index is 756. The molecule has 0 saturated heterocycles. The third kappa shape index (κ3) is 4.73. The molecule has 6 atom stereocenters. The minimum Gasteiger partial charge on any atom is -0.491 e. The number of para-hydroxylation sites is 1. The first kappa shape index (κ1) is 21.6. The third-order valence-corrected chi connectivity index (χ3v) is 6.68. The van der Waals surface area contributed by atoms with Crippen LogP contribution in [-0.4, -0.2) is 40.1 Å². The zero-order valence-corrected chi connectivity index (χ0v) is 17.2. The van der Waals surface area contributed by atoms with E-state index in [0.29, 0.717) is 30.4 Å². The number of benzene rings is 1. The minimum atomic E-state index is -0.776. The van der Waals surface area contributed by atoms with E-state index in [4.69, 9.17) is 9.84 Å². The largest absolute Gasteiger partial charge is 0.491 e. The molecule has 0 heterocycles. The molecule has 2 saturated carbocycles. The summed E-state index contributed by atoms with van der Waals surface area (Å²) in [5, 5.41) is 29.8. The van der Waals surface area contributed by atoms with Crippen molar-refractivity contribution in [3.05, 3.63) is 54.1 Å². The summed E-state index contributed by atoms with van der Waals surface area (Å²) in [7, 11) is 0. The second-order valence-corrected chi connectivity index (χ2v) is 8.58. The second-order valence-electron chi connectivity index (χ2n) is 8.58. The molecular weight excluding hydrogens is 368 g/mol. The number of hydrogen-bond acceptors (Lipinski definition) is 4. The van der Waals surface area contributed by atoms with Crippen molar-refractivity contribution in [2.75, 3.05) is 6.61 Å². The average molecular weight is 401 g/mol. The maximum Gasteiger partial charge on any atom is 0.303 e. The fourth-order valence-electron chi connectivity index (χ4n) is 5.34. The molecule has 0 radical (unpaired) electrons. The molecule has 0 bridgehead atoms. The number of aliphatic carboxylic acids is 1. The van der Waals surface area contributed by atoms with Gasteiger partial charge in [0.25, 0.3) is 0 Å². The molecule has 1 aromatic rings. The lowest BCUT2D eigenvalue weighted by Gasteiger charge is -2.61. The van der Waals surface area contributed by atoms with Crippen molar-refractivity contribution in [1.82, 2.24) is 0 Å². The van der Waals surface area contributed by atoms with E-state index >= 15 is 0 Å². The van der Waals surface area contributed by atoms with Gasteiger partial charge in [0.15, 0.2) is 0 Å². The van der Waals surface area contributed by atoms with Crippen molar-refractivity contribution in [3.63, 3.8) is 0 Å². The number of aliphatic hydroxyl groups excluding tert-OH is 2. The van der Waals surface area contributed by atoms with Crippen LogP contribution >= 0.6 is 0 Å². The molecule has 0 spiro atoms. The summed E-state index contributed by atoms with van der Waals surface area (Å²) in [4.78, 5) is 10.8. The Morgan fingerprint density at radius 2 is 2.07 bits per heavy atom. The van der Waals surface area contributed by atoms with Gasteiger partial charge in [0.1, 0.15) is 18.5 Å². The van der Waals surface area contributed by atoms with E-state index in [1.54, 1.807) is 6.08 Å². The first-order chi connectivity index (χ1) is 13.8. The van der Waals surface area contributed by atoms with Gasteiger partial charge in [-0.2, -0.15) is 0 Å². The first-order valence-electron chi connectivity index (χ1n) is 10.5. The summed E-state index contributed by atoms with van der Waals surface area (Å²) < 4.78 is 5.60. The van der Waals surface area contributed by atoms with Gasteiger partial charge in [-0.15, -0.1) is 0 Å². The Kier molecular flexibility index (Phi) is 6.81. The van der Waals surface area contributed by atoms with Crippen molar-refractivity contribution in [3.8, 4) is 5.75 Å². The highest BCUT2D eigenvalue weighted by atomic mass is 16.5. The van der Waals surface area contributed by atoms with E-state index in [0.717, 1.165) is 6.42 Å². The molecule has 5 heteroatoms. The van der Waals surface area contributed by atoms with Gasteiger partial charge < -0.3 is 20.1 Å². The van der Waals surface area contributed by atoms with Crippen LogP contribution in [0.3, 0.4) is 0 Å². The maximum absolute atomic E-state index is 10.8. The summed E-state index contributed by atoms with van der Waals surface area (Å²) in [6.07, 6.45) is 6.94. The van der Waals surface area contributed by atoms with Gasteiger partial charge in [0, 0.05) is 12.3 Å². The smallest absolute Gasteiger partial charge is 0.303 e. The fourth-order valence-corrected chi connectivity index (χ4v) is 5.34. The predicted octanol–water partition coefficient (Wildman–Crippen LogP) is 3.82. The second kappa shape index (κ2) is 9.14. The van der Waals surface area contributed by atoms with Crippen LogP contribution < -0.4 is 4.74 Å². The first-order valence-corrected chi connectivity index (χ1v) is 10.5. The molecule has 0 aromatic heterocycles. The summed E-state index contributed by atoms with van der Waals surface area (Å²) in [6.45, 7) is 4.56. The van der Waals surface area contributed by atoms with Crippen LogP contribution in [0.1, 0.15) is 39.5 Å². The monoisotopic (exact) mass is 400 g/mol. The van der Waals surface area contributed by atoms with Crippen molar-refractivity contribution >= 4 is 5.97 Å². The minimum absolute atomic E-state index is 0.00233. The maximum atomic E-state index is 10.8. The van der Waals surface area contributed by atoms with Crippen LogP contribution in [0.15, 0.2) is 54.1 Å². The predicted molar refractivity (Wildman–Crippen MR) is 112 cm³/mol. The van der Waals surface area contributed by atoms with Gasteiger partial charge in [-0.25, -0.2) is 0 Å². The standard InChI is InChI=1S/C24H32O5/c1-16-20(9-6-10-22(27)28)24(2)14-13-21(26)19(23(16)24)12-11-17(25)15-29-18-7-4-3-5-8-18/h3-5,7-9,11-12,16-17,19,21,23,25-26H,6,10,13-15H2,1-2H3,(H,27,28)/b12-11+,20-9?/t16?,17?,19-,21+,23+,24+/m1/s1. The molecule has 1 aromatic carbocycles. The van der Waals surface area contributed by atoms with Gasteiger partial charge in [-0.05, 0) is 48.6 Å². The summed E-state index contributed by atoms with van der Waals surface area (Å²) in [5.41, 5.74) is 1.32. The Morgan fingerprint density at radius 3 is 2.76 bits per heavy atom. The SMILES string of the molecule is CC1C(=CCCC(=O)O)[C@]2(C)CC[C@H](O)[C@@H](/C=C/C(O)COc3ccccc3)[C@H]12. The van der Waals surface area contributed by atoms with Gasteiger partial charge in [-0.3, -0.25) is 4.79 Å². The van der Waals surface area contributed by atoms with Crippen molar-refractivity contribution in [2.45, 2.75) is 51.7 Å². The van der Waals surface area contributed by atoms with E-state index in [1.807, 2.05) is 36.4 Å². The van der Waals surface area contributed by atoms with Crippen LogP contribution in [0.2, 0.25) is 0 Å². The van der Waals surface area contributed by atoms with E-state index < -0.39 is 18.2 Å². The zero-order valence-electron chi connectivity index (χ0n) is 17.2. The van der Waals surface area contributed by atoms with Gasteiger partial charge in [0.2, 0.25) is 0 Å². The Hall–Kier alpha value is -2.11. The topological polar surface area (TPSA) is 87.0 Å². The molecule has 158 valence electrons. The number of carboxylic acid groups (broad SMARTS) is 1. The lowest BCUT2D eigenvalue weighted by Crippen LogP contribution is -2.56. The summed E-state index contributed by atoms with van der Waals surface area (Å²) in [6, 6.07) is 9.38. The molecule has 5 nitrogen and oxygen atoms in total. The Morgan fingerprint density at radius 1 is 1.34 bits per heavy atom. The molecule has 2 aliphatic rings. The quantitative estimate of drug-likeness (QED) is 0.578. The number of allylic oxidation sites excluding steroid dienone is 2. The Labute approximate surface area is 172 Å². The highest BCUT2D eigenvalue weighted by Gasteiger charge is 2.58. The number of carboxylic acids is 1. The number of fused-ring (bicyclic) bond motifs is 1. The molecule has 0 aliphatic heterocycles. The van der Waals surface area contributed by atoms with E-state index in [-0.39, 0.29) is 24.4 Å². The van der Waals surface area contributed by atoms with Gasteiger partial charge in [-0.1, -0.05) is 55.8 Å². The molecule has 2 fully saturated rings. The Balaban J connectivity index is 1.63. The molecule has 0 amide bonds. The van der Waals surface area contributed by atoms with Crippen LogP contribution in [0.25, 0.3) is 0 Å². The summed E-state index contributed by atoms with van der Waals surface area (Å²) >= 11 is 0. The number of carbonyl (C=O) groups is 1. The molecule has 29 heavy (non-hydrogen) atoms. The van der Waals surface area contributed by atoms with Gasteiger partial charge in [0.05, 0.1) is 6.10 Å². The molecule has 3 N–H and O–H groups in total.